The highest BCUT2D eigenvalue weighted by Gasteiger charge is 2.49. The molecule has 2 aromatic carbocycles. The molecule has 0 unspecified atom stereocenters. The minimum atomic E-state index is -4.39. The van der Waals surface area contributed by atoms with Gasteiger partial charge < -0.3 is 19.5 Å². The van der Waals surface area contributed by atoms with Gasteiger partial charge in [0.05, 0.1) is 17.7 Å². The summed E-state index contributed by atoms with van der Waals surface area (Å²) in [7, 11) is 0. The maximum atomic E-state index is 13.4. The first-order chi connectivity index (χ1) is 16.6. The van der Waals surface area contributed by atoms with Crippen LogP contribution >= 0.6 is 0 Å². The summed E-state index contributed by atoms with van der Waals surface area (Å²) in [5.74, 6) is -1.69. The average molecular weight is 489 g/mol. The first-order valence-corrected chi connectivity index (χ1v) is 11.4. The second-order valence-corrected chi connectivity index (χ2v) is 8.72. The molecule has 0 aromatic heterocycles. The molecule has 2 aliphatic rings. The van der Waals surface area contributed by atoms with Crippen molar-refractivity contribution in [1.29, 1.82) is 0 Å². The summed E-state index contributed by atoms with van der Waals surface area (Å²) in [5.41, 5.74) is 0.420. The molecule has 1 fully saturated rings. The van der Waals surface area contributed by atoms with Crippen LogP contribution in [0.25, 0.3) is 11.1 Å². The van der Waals surface area contributed by atoms with Gasteiger partial charge in [0, 0.05) is 26.2 Å². The lowest BCUT2D eigenvalue weighted by molar-refractivity contribution is -0.149. The van der Waals surface area contributed by atoms with Crippen LogP contribution in [-0.4, -0.2) is 47.2 Å². The maximum Gasteiger partial charge on any atom is 0.416 e. The molecule has 2 aliphatic heterocycles. The van der Waals surface area contributed by atoms with Crippen LogP contribution in [0.5, 0.6) is 0 Å². The Balaban J connectivity index is 1.59. The minimum absolute atomic E-state index is 0.0767. The van der Waals surface area contributed by atoms with Gasteiger partial charge >= 0.3 is 12.1 Å². The molecule has 1 N–H and O–H groups in total. The van der Waals surface area contributed by atoms with Crippen LogP contribution < -0.4 is 0 Å². The van der Waals surface area contributed by atoms with Crippen LogP contribution in [0.1, 0.15) is 37.3 Å². The molecule has 186 valence electrons. The molecule has 2 heterocycles. The summed E-state index contributed by atoms with van der Waals surface area (Å²) < 4.78 is 49.0. The highest BCUT2D eigenvalue weighted by Crippen LogP contribution is 2.40. The first-order valence-electron chi connectivity index (χ1n) is 11.4. The molecule has 4 rings (SSSR count). The number of esters is 1. The van der Waals surface area contributed by atoms with E-state index in [1.165, 1.54) is 12.1 Å². The molecular weight excluding hydrogens is 463 g/mol. The molecule has 0 radical (unpaired) electrons. The number of hydrogen-bond donors (Lipinski definition) is 1. The minimum Gasteiger partial charge on any atom is -0.511 e. The van der Waals surface area contributed by atoms with E-state index in [1.54, 1.807) is 36.1 Å². The Morgan fingerprint density at radius 3 is 2.17 bits per heavy atom. The molecule has 6 nitrogen and oxygen atoms in total. The SMILES string of the molecule is CCOC(=O)C1=C(O)CC2(CCOCC2)N(Cc2ccc(-c3ccc(C(F)(F)F)cc3)cc2)C1=O. The Morgan fingerprint density at radius 1 is 1.06 bits per heavy atom. The number of carbonyl (C=O) groups is 2. The third-order valence-corrected chi connectivity index (χ3v) is 6.56. The fraction of sp³-hybridized carbons (Fsp3) is 0.385. The predicted molar refractivity (Wildman–Crippen MR) is 121 cm³/mol. The summed E-state index contributed by atoms with van der Waals surface area (Å²) in [5, 5.41) is 10.6. The van der Waals surface area contributed by atoms with Gasteiger partial charge in [0.2, 0.25) is 0 Å². The van der Waals surface area contributed by atoms with Gasteiger partial charge in [-0.1, -0.05) is 36.4 Å². The molecule has 35 heavy (non-hydrogen) atoms. The number of nitrogens with zero attached hydrogens (tertiary/aromatic N) is 1. The van der Waals surface area contributed by atoms with Gasteiger partial charge in [-0.25, -0.2) is 4.79 Å². The van der Waals surface area contributed by atoms with E-state index in [-0.39, 0.29) is 30.9 Å². The van der Waals surface area contributed by atoms with E-state index in [2.05, 4.69) is 0 Å². The van der Waals surface area contributed by atoms with Crippen molar-refractivity contribution in [2.24, 2.45) is 0 Å². The van der Waals surface area contributed by atoms with Crippen molar-refractivity contribution < 1.29 is 37.3 Å². The number of rotatable bonds is 5. The van der Waals surface area contributed by atoms with Crippen LogP contribution in [0.4, 0.5) is 13.2 Å². The Morgan fingerprint density at radius 2 is 1.63 bits per heavy atom. The summed E-state index contributed by atoms with van der Waals surface area (Å²) in [6, 6.07) is 12.1. The van der Waals surface area contributed by atoms with Gasteiger partial charge in [-0.15, -0.1) is 0 Å². The highest BCUT2D eigenvalue weighted by atomic mass is 19.4. The number of ether oxygens (including phenoxy) is 2. The topological polar surface area (TPSA) is 76.1 Å². The lowest BCUT2D eigenvalue weighted by atomic mass is 9.79. The molecule has 9 heteroatoms. The molecule has 1 saturated heterocycles. The quantitative estimate of drug-likeness (QED) is 0.471. The fourth-order valence-electron chi connectivity index (χ4n) is 4.65. The average Bonchev–Trinajstić information content (AvgIpc) is 2.82. The second kappa shape index (κ2) is 9.73. The summed E-state index contributed by atoms with van der Waals surface area (Å²) in [6.45, 7) is 2.76. The van der Waals surface area contributed by atoms with Gasteiger partial charge in [0.15, 0.2) is 5.57 Å². The summed E-state index contributed by atoms with van der Waals surface area (Å²) in [6.07, 6.45) is -3.22. The number of halogens is 3. The van der Waals surface area contributed by atoms with Crippen LogP contribution in [0.3, 0.4) is 0 Å². The number of benzene rings is 2. The zero-order chi connectivity index (χ0) is 25.2. The second-order valence-electron chi connectivity index (χ2n) is 8.72. The number of carbonyl (C=O) groups excluding carboxylic acids is 2. The van der Waals surface area contributed by atoms with Crippen molar-refractivity contribution in [1.82, 2.24) is 4.90 Å². The summed E-state index contributed by atoms with van der Waals surface area (Å²) >= 11 is 0. The Labute approximate surface area is 200 Å². The molecule has 0 bridgehead atoms. The Kier molecular flexibility index (Phi) is 6.89. The van der Waals surface area contributed by atoms with E-state index in [0.717, 1.165) is 23.3 Å². The number of aliphatic hydroxyl groups is 1. The molecule has 1 spiro atoms. The maximum absolute atomic E-state index is 13.4. The van der Waals surface area contributed by atoms with Crippen molar-refractivity contribution in [3.05, 3.63) is 71.0 Å². The van der Waals surface area contributed by atoms with Crippen molar-refractivity contribution in [2.75, 3.05) is 19.8 Å². The zero-order valence-corrected chi connectivity index (χ0v) is 19.2. The number of amides is 1. The van der Waals surface area contributed by atoms with Crippen LogP contribution in [0.2, 0.25) is 0 Å². The lowest BCUT2D eigenvalue weighted by Gasteiger charge is -2.48. The number of hydrogen-bond acceptors (Lipinski definition) is 5. The first kappa shape index (κ1) is 24.8. The van der Waals surface area contributed by atoms with Gasteiger partial charge in [0.25, 0.3) is 5.91 Å². The molecular formula is C26H26F3NO5. The highest BCUT2D eigenvalue weighted by molar-refractivity contribution is 6.17. The molecule has 0 atom stereocenters. The van der Waals surface area contributed by atoms with Gasteiger partial charge in [0.1, 0.15) is 5.76 Å². The summed E-state index contributed by atoms with van der Waals surface area (Å²) in [4.78, 5) is 27.4. The molecule has 0 aliphatic carbocycles. The third-order valence-electron chi connectivity index (χ3n) is 6.56. The number of alkyl halides is 3. The van der Waals surface area contributed by atoms with Crippen LogP contribution in [0, 0.1) is 0 Å². The van der Waals surface area contributed by atoms with Gasteiger partial charge in [-0.05, 0) is 48.6 Å². The normalized spacial score (nSPS) is 18.2. The molecule has 0 saturated carbocycles. The van der Waals surface area contributed by atoms with Crippen molar-refractivity contribution in [2.45, 2.75) is 44.4 Å². The van der Waals surface area contributed by atoms with E-state index in [9.17, 15) is 27.9 Å². The van der Waals surface area contributed by atoms with E-state index in [4.69, 9.17) is 9.47 Å². The largest absolute Gasteiger partial charge is 0.511 e. The fourth-order valence-corrected chi connectivity index (χ4v) is 4.65. The monoisotopic (exact) mass is 489 g/mol. The van der Waals surface area contributed by atoms with Crippen molar-refractivity contribution in [3.8, 4) is 11.1 Å². The van der Waals surface area contributed by atoms with E-state index in [1.807, 2.05) is 0 Å². The third kappa shape index (κ3) is 5.05. The smallest absolute Gasteiger partial charge is 0.416 e. The standard InChI is InChI=1S/C26H26F3NO5/c1-2-35-24(33)22-21(31)15-25(11-13-34-14-12-25)30(23(22)32)16-17-3-5-18(6-4-17)19-7-9-20(10-8-19)26(27,28)29/h3-10,31H,2,11-16H2,1H3. The van der Waals surface area contributed by atoms with Gasteiger partial charge in [-0.3, -0.25) is 4.79 Å². The molecule has 2 aromatic rings. The van der Waals surface area contributed by atoms with E-state index < -0.39 is 29.2 Å². The zero-order valence-electron chi connectivity index (χ0n) is 19.2. The van der Waals surface area contributed by atoms with Crippen molar-refractivity contribution in [3.63, 3.8) is 0 Å². The lowest BCUT2D eigenvalue weighted by Crippen LogP contribution is -2.58. The van der Waals surface area contributed by atoms with E-state index >= 15 is 0 Å². The predicted octanol–water partition coefficient (Wildman–Crippen LogP) is 5.03. The Bertz CT molecular complexity index is 1120. The van der Waals surface area contributed by atoms with Crippen molar-refractivity contribution >= 4 is 11.9 Å². The van der Waals surface area contributed by atoms with Crippen LogP contribution in [0.15, 0.2) is 59.9 Å². The number of aliphatic hydroxyl groups excluding tert-OH is 1. The van der Waals surface area contributed by atoms with Gasteiger partial charge in [-0.2, -0.15) is 13.2 Å². The molecule has 1 amide bonds. The van der Waals surface area contributed by atoms with Crippen LogP contribution in [-0.2, 0) is 31.8 Å². The Hall–Kier alpha value is -3.33. The van der Waals surface area contributed by atoms with E-state index in [0.29, 0.717) is 31.6 Å².